The van der Waals surface area contributed by atoms with Gasteiger partial charge in [0.1, 0.15) is 18.1 Å². The monoisotopic (exact) mass is 523 g/mol. The summed E-state index contributed by atoms with van der Waals surface area (Å²) in [6.45, 7) is 0. The second kappa shape index (κ2) is 14.8. The summed E-state index contributed by atoms with van der Waals surface area (Å²) < 4.78 is 0. The van der Waals surface area contributed by atoms with Gasteiger partial charge >= 0.3 is 17.9 Å². The van der Waals surface area contributed by atoms with Crippen LogP contribution in [0.5, 0.6) is 0 Å². The number of primary amides is 1. The standard InChI is InChI=1S/C22H29N5O10/c23-12(6-7-17(29)30)19(33)25-13(8-11-4-2-1-3-5-11)20(34)26-14(9-16(24)28)21(35)27-15(22(36)37)10-18(31)32/h1-5,12-15H,6-10,23H2,(H2,24,28)(H,25,33)(H,26,34)(H,27,35)(H,29,30)(H,31,32)(H,36,37). The fourth-order valence-electron chi connectivity index (χ4n) is 3.08. The Kier molecular flexibility index (Phi) is 12.2. The minimum absolute atomic E-state index is 0.0915. The number of carbonyl (C=O) groups is 7. The van der Waals surface area contributed by atoms with Crippen LogP contribution in [0.15, 0.2) is 30.3 Å². The first-order chi connectivity index (χ1) is 17.3. The van der Waals surface area contributed by atoms with E-state index in [2.05, 4.69) is 10.6 Å². The van der Waals surface area contributed by atoms with Gasteiger partial charge in [0.2, 0.25) is 23.6 Å². The third-order valence-corrected chi connectivity index (χ3v) is 4.95. The Morgan fingerprint density at radius 1 is 0.730 bits per heavy atom. The normalized spacial score (nSPS) is 13.8. The molecule has 0 saturated heterocycles. The SMILES string of the molecule is NC(=O)CC(NC(=O)C(Cc1ccccc1)NC(=O)C(N)CCC(=O)O)C(=O)NC(CC(=O)O)C(=O)O. The smallest absolute Gasteiger partial charge is 0.326 e. The minimum atomic E-state index is -1.86. The number of nitrogens with two attached hydrogens (primary N) is 2. The number of amides is 4. The Labute approximate surface area is 210 Å². The number of aliphatic carboxylic acids is 3. The molecule has 0 saturated carbocycles. The van der Waals surface area contributed by atoms with Gasteiger partial charge in [-0.25, -0.2) is 4.79 Å². The lowest BCUT2D eigenvalue weighted by atomic mass is 10.0. The minimum Gasteiger partial charge on any atom is -0.481 e. The molecule has 1 aromatic carbocycles. The van der Waals surface area contributed by atoms with E-state index in [-0.39, 0.29) is 12.8 Å². The van der Waals surface area contributed by atoms with E-state index < -0.39 is 85.0 Å². The van der Waals surface area contributed by atoms with Gasteiger partial charge in [0, 0.05) is 12.8 Å². The van der Waals surface area contributed by atoms with Crippen LogP contribution < -0.4 is 27.4 Å². The van der Waals surface area contributed by atoms with Crippen LogP contribution in [0.3, 0.4) is 0 Å². The van der Waals surface area contributed by atoms with Crippen LogP contribution in [0.25, 0.3) is 0 Å². The van der Waals surface area contributed by atoms with Gasteiger partial charge in [-0.15, -0.1) is 0 Å². The molecule has 4 atom stereocenters. The van der Waals surface area contributed by atoms with Crippen molar-refractivity contribution in [3.63, 3.8) is 0 Å². The van der Waals surface area contributed by atoms with E-state index in [1.165, 1.54) is 0 Å². The summed E-state index contributed by atoms with van der Waals surface area (Å²) in [6.07, 6.45) is -2.44. The Hall–Kier alpha value is -4.53. The molecular formula is C22H29N5O10. The van der Waals surface area contributed by atoms with E-state index >= 15 is 0 Å². The summed E-state index contributed by atoms with van der Waals surface area (Å²) in [6, 6.07) is 2.18. The van der Waals surface area contributed by atoms with E-state index in [0.29, 0.717) is 5.56 Å². The fourth-order valence-corrected chi connectivity index (χ4v) is 3.08. The van der Waals surface area contributed by atoms with Crippen molar-refractivity contribution in [2.45, 2.75) is 56.3 Å². The van der Waals surface area contributed by atoms with Crippen molar-refractivity contribution in [2.24, 2.45) is 11.5 Å². The molecule has 0 bridgehead atoms. The molecule has 15 nitrogen and oxygen atoms in total. The lowest BCUT2D eigenvalue weighted by Crippen LogP contribution is -2.58. The van der Waals surface area contributed by atoms with Crippen LogP contribution in [-0.4, -0.2) is 81.0 Å². The van der Waals surface area contributed by atoms with Crippen LogP contribution in [0.1, 0.15) is 31.2 Å². The van der Waals surface area contributed by atoms with E-state index in [9.17, 15) is 33.6 Å². The van der Waals surface area contributed by atoms with Crippen LogP contribution in [0, 0.1) is 0 Å². The number of carbonyl (C=O) groups excluding carboxylic acids is 4. The average molecular weight is 523 g/mol. The van der Waals surface area contributed by atoms with Crippen molar-refractivity contribution < 1.29 is 48.9 Å². The topological polar surface area (TPSA) is 268 Å². The molecule has 202 valence electrons. The Morgan fingerprint density at radius 2 is 1.27 bits per heavy atom. The molecule has 0 aliphatic heterocycles. The van der Waals surface area contributed by atoms with Gasteiger partial charge in [0.25, 0.3) is 0 Å². The highest BCUT2D eigenvalue weighted by molar-refractivity contribution is 5.96. The zero-order valence-electron chi connectivity index (χ0n) is 19.6. The average Bonchev–Trinajstić information content (AvgIpc) is 2.80. The largest absolute Gasteiger partial charge is 0.481 e. The molecule has 10 N–H and O–H groups in total. The van der Waals surface area contributed by atoms with Gasteiger partial charge in [0.05, 0.1) is 18.9 Å². The third-order valence-electron chi connectivity index (χ3n) is 4.95. The predicted octanol–water partition coefficient (Wildman–Crippen LogP) is -2.69. The van der Waals surface area contributed by atoms with Crippen molar-refractivity contribution in [3.05, 3.63) is 35.9 Å². The first kappa shape index (κ1) is 30.5. The molecule has 1 aromatic rings. The van der Waals surface area contributed by atoms with Gasteiger partial charge in [-0.3, -0.25) is 28.8 Å². The third kappa shape index (κ3) is 11.6. The van der Waals surface area contributed by atoms with Gasteiger partial charge in [-0.05, 0) is 12.0 Å². The molecule has 0 spiro atoms. The van der Waals surface area contributed by atoms with E-state index in [0.717, 1.165) is 0 Å². The number of nitrogens with one attached hydrogen (secondary N) is 3. The van der Waals surface area contributed by atoms with E-state index in [4.69, 9.17) is 26.8 Å². The van der Waals surface area contributed by atoms with Crippen molar-refractivity contribution in [1.29, 1.82) is 0 Å². The first-order valence-electron chi connectivity index (χ1n) is 11.0. The van der Waals surface area contributed by atoms with Gasteiger partial charge in [-0.1, -0.05) is 30.3 Å². The molecular weight excluding hydrogens is 494 g/mol. The number of carboxylic acid groups (broad SMARTS) is 3. The molecule has 0 radical (unpaired) electrons. The fraction of sp³-hybridized carbons (Fsp3) is 0.409. The maximum atomic E-state index is 13.1. The Balaban J connectivity index is 3.11. The second-order valence-electron chi connectivity index (χ2n) is 8.02. The van der Waals surface area contributed by atoms with Crippen LogP contribution >= 0.6 is 0 Å². The highest BCUT2D eigenvalue weighted by Crippen LogP contribution is 2.06. The van der Waals surface area contributed by atoms with Crippen LogP contribution in [-0.2, 0) is 40.0 Å². The van der Waals surface area contributed by atoms with Crippen molar-refractivity contribution in [3.8, 4) is 0 Å². The maximum Gasteiger partial charge on any atom is 0.326 e. The summed E-state index contributed by atoms with van der Waals surface area (Å²) >= 11 is 0. The summed E-state index contributed by atoms with van der Waals surface area (Å²) in [4.78, 5) is 82.6. The summed E-state index contributed by atoms with van der Waals surface area (Å²) in [5.41, 5.74) is 11.4. The number of rotatable bonds is 16. The molecule has 4 amide bonds. The highest BCUT2D eigenvalue weighted by Gasteiger charge is 2.32. The molecule has 0 aromatic heterocycles. The highest BCUT2D eigenvalue weighted by atomic mass is 16.4. The van der Waals surface area contributed by atoms with Gasteiger partial charge in [-0.2, -0.15) is 0 Å². The molecule has 1 rings (SSSR count). The van der Waals surface area contributed by atoms with Crippen LogP contribution in [0.2, 0.25) is 0 Å². The summed E-state index contributed by atoms with van der Waals surface area (Å²) in [7, 11) is 0. The molecule has 15 heteroatoms. The maximum absolute atomic E-state index is 13.1. The second-order valence-corrected chi connectivity index (χ2v) is 8.02. The summed E-state index contributed by atoms with van der Waals surface area (Å²) in [5, 5.41) is 33.3. The van der Waals surface area contributed by atoms with Crippen molar-refractivity contribution >= 4 is 41.5 Å². The first-order valence-corrected chi connectivity index (χ1v) is 11.0. The number of hydrogen-bond donors (Lipinski definition) is 8. The number of carboxylic acids is 3. The zero-order chi connectivity index (χ0) is 28.1. The quantitative estimate of drug-likeness (QED) is 0.110. The molecule has 4 unspecified atom stereocenters. The van der Waals surface area contributed by atoms with Gasteiger partial charge < -0.3 is 42.7 Å². The molecule has 0 fully saturated rings. The van der Waals surface area contributed by atoms with Crippen LogP contribution in [0.4, 0.5) is 0 Å². The molecule has 37 heavy (non-hydrogen) atoms. The number of benzene rings is 1. The van der Waals surface area contributed by atoms with Gasteiger partial charge in [0.15, 0.2) is 0 Å². The van der Waals surface area contributed by atoms with Crippen molar-refractivity contribution in [2.75, 3.05) is 0 Å². The molecule has 0 heterocycles. The zero-order valence-corrected chi connectivity index (χ0v) is 19.6. The Bertz CT molecular complexity index is 1020. The lowest BCUT2D eigenvalue weighted by molar-refractivity contribution is -0.147. The lowest BCUT2D eigenvalue weighted by Gasteiger charge is -2.24. The molecule has 0 aliphatic carbocycles. The number of hydrogen-bond acceptors (Lipinski definition) is 8. The van der Waals surface area contributed by atoms with E-state index in [1.807, 2.05) is 5.32 Å². The summed E-state index contributed by atoms with van der Waals surface area (Å²) in [5.74, 6) is -8.40. The van der Waals surface area contributed by atoms with Crippen molar-refractivity contribution in [1.82, 2.24) is 16.0 Å². The Morgan fingerprint density at radius 3 is 1.78 bits per heavy atom. The van der Waals surface area contributed by atoms with E-state index in [1.54, 1.807) is 30.3 Å². The molecule has 0 aliphatic rings. The predicted molar refractivity (Wildman–Crippen MR) is 124 cm³/mol.